The topological polar surface area (TPSA) is 24.1 Å². The number of hydrogen-bond acceptors (Lipinski definition) is 1. The van der Waals surface area contributed by atoms with E-state index in [0.717, 1.165) is 12.5 Å². The van der Waals surface area contributed by atoms with Crippen LogP contribution in [-0.4, -0.2) is 11.7 Å². The van der Waals surface area contributed by atoms with Gasteiger partial charge in [0.1, 0.15) is 0 Å². The smallest absolute Gasteiger partial charge is 0.362 e. The summed E-state index contributed by atoms with van der Waals surface area (Å²) in [4.78, 5) is 0. The van der Waals surface area contributed by atoms with E-state index in [1.54, 1.807) is 0 Å². The Bertz CT molecular complexity index is 435. The number of thiocarbonyl (C=S) groups is 1. The van der Waals surface area contributed by atoms with Gasteiger partial charge in [0.25, 0.3) is 0 Å². The van der Waals surface area contributed by atoms with Crippen molar-refractivity contribution in [1.29, 1.82) is 0 Å². The van der Waals surface area contributed by atoms with Gasteiger partial charge < -0.3 is 10.6 Å². The van der Waals surface area contributed by atoms with Gasteiger partial charge in [-0.25, -0.2) is 0 Å². The molecule has 0 heterocycles. The quantitative estimate of drug-likeness (QED) is 0.823. The van der Waals surface area contributed by atoms with Crippen LogP contribution in [0.4, 0.5) is 18.9 Å². The third kappa shape index (κ3) is 4.34. The van der Waals surface area contributed by atoms with E-state index in [4.69, 9.17) is 23.8 Å². The van der Waals surface area contributed by atoms with Gasteiger partial charge in [0.05, 0.1) is 10.6 Å². The normalized spacial score (nSPS) is 11.2. The third-order valence-corrected chi connectivity index (χ3v) is 2.64. The van der Waals surface area contributed by atoms with E-state index in [-0.39, 0.29) is 15.8 Å². The molecular formula is C11H12ClF3N2S. The molecule has 2 N–H and O–H groups in total. The van der Waals surface area contributed by atoms with Crippen molar-refractivity contribution in [3.05, 3.63) is 28.8 Å². The molecule has 1 rings (SSSR count). The Hall–Kier alpha value is -1.01. The molecule has 100 valence electrons. The summed E-state index contributed by atoms with van der Waals surface area (Å²) in [6.07, 6.45) is -3.61. The minimum absolute atomic E-state index is 0.250. The van der Waals surface area contributed by atoms with Gasteiger partial charge in [0.15, 0.2) is 5.11 Å². The molecule has 0 fully saturated rings. The SMILES string of the molecule is CCCNC(=S)Nc1ccc(Cl)c(C(F)(F)F)c1. The molecule has 0 spiro atoms. The van der Waals surface area contributed by atoms with E-state index < -0.39 is 11.7 Å². The van der Waals surface area contributed by atoms with Crippen molar-refractivity contribution >= 4 is 34.6 Å². The molecule has 0 aliphatic rings. The van der Waals surface area contributed by atoms with Crippen molar-refractivity contribution < 1.29 is 13.2 Å². The highest BCUT2D eigenvalue weighted by molar-refractivity contribution is 7.80. The van der Waals surface area contributed by atoms with Crippen LogP contribution in [-0.2, 0) is 6.18 Å². The summed E-state index contributed by atoms with van der Waals surface area (Å²) in [6.45, 7) is 2.62. The summed E-state index contributed by atoms with van der Waals surface area (Å²) in [7, 11) is 0. The molecule has 0 unspecified atom stereocenters. The first kappa shape index (κ1) is 15.0. The van der Waals surface area contributed by atoms with Crippen molar-refractivity contribution in [1.82, 2.24) is 5.32 Å². The molecule has 0 saturated carbocycles. The Kier molecular flexibility index (Phi) is 5.22. The molecule has 18 heavy (non-hydrogen) atoms. The predicted octanol–water partition coefficient (Wildman–Crippen LogP) is 4.06. The first-order valence-corrected chi connectivity index (χ1v) is 6.04. The second kappa shape index (κ2) is 6.24. The highest BCUT2D eigenvalue weighted by Gasteiger charge is 2.33. The second-order valence-corrected chi connectivity index (χ2v) is 4.39. The molecule has 0 atom stereocenters. The number of anilines is 1. The van der Waals surface area contributed by atoms with Crippen LogP contribution in [0.5, 0.6) is 0 Å². The van der Waals surface area contributed by atoms with Crippen molar-refractivity contribution in [2.24, 2.45) is 0 Å². The van der Waals surface area contributed by atoms with Gasteiger partial charge in [-0.3, -0.25) is 0 Å². The van der Waals surface area contributed by atoms with Crippen LogP contribution in [0.25, 0.3) is 0 Å². The molecule has 0 aliphatic heterocycles. The molecule has 0 saturated heterocycles. The van der Waals surface area contributed by atoms with Gasteiger partial charge >= 0.3 is 6.18 Å². The number of halogens is 4. The minimum Gasteiger partial charge on any atom is -0.362 e. The van der Waals surface area contributed by atoms with Crippen LogP contribution in [0, 0.1) is 0 Å². The molecule has 0 aromatic heterocycles. The highest BCUT2D eigenvalue weighted by Crippen LogP contribution is 2.36. The van der Waals surface area contributed by atoms with Crippen LogP contribution < -0.4 is 10.6 Å². The molecule has 0 radical (unpaired) electrons. The summed E-state index contributed by atoms with van der Waals surface area (Å²) in [5.74, 6) is 0. The maximum atomic E-state index is 12.6. The lowest BCUT2D eigenvalue weighted by Crippen LogP contribution is -2.29. The van der Waals surface area contributed by atoms with Crippen LogP contribution in [0.2, 0.25) is 5.02 Å². The molecule has 0 aliphatic carbocycles. The minimum atomic E-state index is -4.48. The largest absolute Gasteiger partial charge is 0.417 e. The average Bonchev–Trinajstić information content (AvgIpc) is 2.27. The fraction of sp³-hybridized carbons (Fsp3) is 0.364. The molecule has 0 bridgehead atoms. The lowest BCUT2D eigenvalue weighted by Gasteiger charge is -2.13. The van der Waals surface area contributed by atoms with E-state index in [1.165, 1.54) is 12.1 Å². The van der Waals surface area contributed by atoms with Crippen molar-refractivity contribution in [2.75, 3.05) is 11.9 Å². The molecule has 1 aromatic rings. The van der Waals surface area contributed by atoms with Crippen LogP contribution in [0.1, 0.15) is 18.9 Å². The Balaban J connectivity index is 2.83. The third-order valence-electron chi connectivity index (χ3n) is 2.07. The van der Waals surface area contributed by atoms with Gasteiger partial charge in [-0.05, 0) is 36.8 Å². The van der Waals surface area contributed by atoms with E-state index in [9.17, 15) is 13.2 Å². The fourth-order valence-corrected chi connectivity index (χ4v) is 1.68. The van der Waals surface area contributed by atoms with Gasteiger partial charge in [-0.1, -0.05) is 18.5 Å². The molecule has 0 amide bonds. The maximum absolute atomic E-state index is 12.6. The zero-order valence-electron chi connectivity index (χ0n) is 9.57. The Morgan fingerprint density at radius 1 is 1.39 bits per heavy atom. The lowest BCUT2D eigenvalue weighted by atomic mass is 10.2. The van der Waals surface area contributed by atoms with Crippen molar-refractivity contribution in [3.63, 3.8) is 0 Å². The highest BCUT2D eigenvalue weighted by atomic mass is 35.5. The summed E-state index contributed by atoms with van der Waals surface area (Å²) in [5.41, 5.74) is -0.632. The summed E-state index contributed by atoms with van der Waals surface area (Å²) in [6, 6.07) is 3.56. The number of benzene rings is 1. The maximum Gasteiger partial charge on any atom is 0.417 e. The number of nitrogens with one attached hydrogen (secondary N) is 2. The Labute approximate surface area is 114 Å². The Morgan fingerprint density at radius 3 is 2.61 bits per heavy atom. The van der Waals surface area contributed by atoms with Gasteiger partial charge in [0, 0.05) is 12.2 Å². The van der Waals surface area contributed by atoms with E-state index >= 15 is 0 Å². The monoisotopic (exact) mass is 296 g/mol. The summed E-state index contributed by atoms with van der Waals surface area (Å²) >= 11 is 10.4. The zero-order chi connectivity index (χ0) is 13.8. The fourth-order valence-electron chi connectivity index (χ4n) is 1.23. The second-order valence-electron chi connectivity index (χ2n) is 3.57. The number of alkyl halides is 3. The zero-order valence-corrected chi connectivity index (χ0v) is 11.1. The van der Waals surface area contributed by atoms with Crippen molar-refractivity contribution in [2.45, 2.75) is 19.5 Å². The molecule has 2 nitrogen and oxygen atoms in total. The van der Waals surface area contributed by atoms with Gasteiger partial charge in [-0.15, -0.1) is 0 Å². The number of rotatable bonds is 3. The van der Waals surface area contributed by atoms with Gasteiger partial charge in [-0.2, -0.15) is 13.2 Å². The van der Waals surface area contributed by atoms with Gasteiger partial charge in [0.2, 0.25) is 0 Å². The molecule has 1 aromatic carbocycles. The van der Waals surface area contributed by atoms with Crippen LogP contribution >= 0.6 is 23.8 Å². The lowest BCUT2D eigenvalue weighted by molar-refractivity contribution is -0.137. The standard InChI is InChI=1S/C11H12ClF3N2S/c1-2-5-16-10(18)17-7-3-4-9(12)8(6-7)11(13,14)15/h3-4,6H,2,5H2,1H3,(H2,16,17,18). The summed E-state index contributed by atoms with van der Waals surface area (Å²) < 4.78 is 37.8. The van der Waals surface area contributed by atoms with Crippen LogP contribution in [0.15, 0.2) is 18.2 Å². The Morgan fingerprint density at radius 2 is 2.06 bits per heavy atom. The number of hydrogen-bond donors (Lipinski definition) is 2. The first-order chi connectivity index (χ1) is 8.34. The predicted molar refractivity (Wildman–Crippen MR) is 71.0 cm³/mol. The first-order valence-electron chi connectivity index (χ1n) is 5.26. The molecular weight excluding hydrogens is 285 g/mol. The summed E-state index contributed by atoms with van der Waals surface area (Å²) in [5, 5.41) is 5.49. The van der Waals surface area contributed by atoms with E-state index in [0.29, 0.717) is 6.54 Å². The van der Waals surface area contributed by atoms with E-state index in [1.807, 2.05) is 6.92 Å². The van der Waals surface area contributed by atoms with Crippen molar-refractivity contribution in [3.8, 4) is 0 Å². The van der Waals surface area contributed by atoms with Crippen LogP contribution in [0.3, 0.4) is 0 Å². The van der Waals surface area contributed by atoms with E-state index in [2.05, 4.69) is 10.6 Å². The molecule has 7 heteroatoms. The average molecular weight is 297 g/mol.